The first-order valence-electron chi connectivity index (χ1n) is 7.74. The van der Waals surface area contributed by atoms with E-state index in [1.165, 1.54) is 36.8 Å². The largest absolute Gasteiger partial charge is 0.399 e. The SMILES string of the molecule is Nc1ccc(C(=O)N/N=C\c2sc(N3CCCCC3)nc2Cl)cc1. The number of piperidine rings is 1. The van der Waals surface area contributed by atoms with Gasteiger partial charge in [0.25, 0.3) is 5.91 Å². The maximum absolute atomic E-state index is 12.0. The Morgan fingerprint density at radius 1 is 1.29 bits per heavy atom. The number of thiazole rings is 1. The van der Waals surface area contributed by atoms with E-state index in [2.05, 4.69) is 20.4 Å². The highest BCUT2D eigenvalue weighted by Crippen LogP contribution is 2.30. The van der Waals surface area contributed by atoms with Crippen LogP contribution in [0.15, 0.2) is 29.4 Å². The molecule has 1 aromatic carbocycles. The minimum atomic E-state index is -0.303. The van der Waals surface area contributed by atoms with Crippen molar-refractivity contribution in [3.8, 4) is 0 Å². The Bertz CT molecular complexity index is 737. The van der Waals surface area contributed by atoms with Gasteiger partial charge in [0, 0.05) is 24.3 Å². The first-order valence-corrected chi connectivity index (χ1v) is 8.93. The number of halogens is 1. The van der Waals surface area contributed by atoms with Crippen molar-refractivity contribution in [2.45, 2.75) is 19.3 Å². The maximum atomic E-state index is 12.0. The van der Waals surface area contributed by atoms with Crippen molar-refractivity contribution >= 4 is 45.9 Å². The van der Waals surface area contributed by atoms with E-state index in [-0.39, 0.29) is 5.91 Å². The fourth-order valence-corrected chi connectivity index (χ4v) is 3.63. The number of carbonyl (C=O) groups is 1. The highest BCUT2D eigenvalue weighted by molar-refractivity contribution is 7.17. The molecule has 1 fully saturated rings. The lowest BCUT2D eigenvalue weighted by Crippen LogP contribution is -2.29. The molecule has 6 nitrogen and oxygen atoms in total. The van der Waals surface area contributed by atoms with Gasteiger partial charge in [-0.3, -0.25) is 4.79 Å². The number of nitrogens with one attached hydrogen (secondary N) is 1. The molecule has 0 atom stereocenters. The van der Waals surface area contributed by atoms with Gasteiger partial charge < -0.3 is 10.6 Å². The average molecular weight is 364 g/mol. The molecule has 2 heterocycles. The molecule has 0 aliphatic carbocycles. The third kappa shape index (κ3) is 4.04. The average Bonchev–Trinajstić information content (AvgIpc) is 2.97. The Labute approximate surface area is 149 Å². The van der Waals surface area contributed by atoms with Gasteiger partial charge in [-0.25, -0.2) is 10.4 Å². The van der Waals surface area contributed by atoms with Gasteiger partial charge in [-0.15, -0.1) is 0 Å². The summed E-state index contributed by atoms with van der Waals surface area (Å²) in [6, 6.07) is 6.63. The van der Waals surface area contributed by atoms with Crippen LogP contribution >= 0.6 is 22.9 Å². The topological polar surface area (TPSA) is 83.6 Å². The van der Waals surface area contributed by atoms with Crippen molar-refractivity contribution < 1.29 is 4.79 Å². The lowest BCUT2D eigenvalue weighted by molar-refractivity contribution is 0.0955. The number of anilines is 2. The van der Waals surface area contributed by atoms with E-state index in [4.69, 9.17) is 17.3 Å². The molecule has 1 amide bonds. The lowest BCUT2D eigenvalue weighted by Gasteiger charge is -2.25. The summed E-state index contributed by atoms with van der Waals surface area (Å²) in [5.74, 6) is -0.303. The van der Waals surface area contributed by atoms with Gasteiger partial charge >= 0.3 is 0 Å². The molecule has 8 heteroatoms. The van der Waals surface area contributed by atoms with Crippen LogP contribution in [0.25, 0.3) is 0 Å². The fourth-order valence-electron chi connectivity index (χ4n) is 2.45. The molecule has 0 bridgehead atoms. The van der Waals surface area contributed by atoms with Gasteiger partial charge in [-0.2, -0.15) is 5.10 Å². The first-order chi connectivity index (χ1) is 11.6. The highest BCUT2D eigenvalue weighted by Gasteiger charge is 2.16. The van der Waals surface area contributed by atoms with Crippen LogP contribution in [0.2, 0.25) is 5.15 Å². The van der Waals surface area contributed by atoms with Gasteiger partial charge in [0.2, 0.25) is 0 Å². The molecule has 24 heavy (non-hydrogen) atoms. The Hall–Kier alpha value is -2.12. The van der Waals surface area contributed by atoms with Crippen molar-refractivity contribution in [1.29, 1.82) is 0 Å². The van der Waals surface area contributed by atoms with Crippen molar-refractivity contribution in [2.75, 3.05) is 23.7 Å². The van der Waals surface area contributed by atoms with Crippen LogP contribution in [0.5, 0.6) is 0 Å². The summed E-state index contributed by atoms with van der Waals surface area (Å²) in [4.78, 5) is 19.3. The number of hydrogen-bond acceptors (Lipinski definition) is 6. The molecule has 1 aliphatic rings. The second kappa shape index (κ2) is 7.63. The number of hydrazone groups is 1. The number of nitrogens with zero attached hydrogens (tertiary/aromatic N) is 3. The van der Waals surface area contributed by atoms with Crippen LogP contribution in [0, 0.1) is 0 Å². The second-order valence-electron chi connectivity index (χ2n) is 5.52. The molecule has 0 spiro atoms. The molecular formula is C16H18ClN5OS. The normalized spacial score (nSPS) is 15.0. The van der Waals surface area contributed by atoms with E-state index in [1.54, 1.807) is 24.3 Å². The maximum Gasteiger partial charge on any atom is 0.271 e. The highest BCUT2D eigenvalue weighted by atomic mass is 35.5. The molecule has 2 aromatic rings. The fraction of sp³-hybridized carbons (Fsp3) is 0.312. The predicted octanol–water partition coefficient (Wildman–Crippen LogP) is 3.13. The molecule has 0 saturated carbocycles. The number of carbonyl (C=O) groups excluding carboxylic acids is 1. The monoisotopic (exact) mass is 363 g/mol. The number of benzene rings is 1. The summed E-state index contributed by atoms with van der Waals surface area (Å²) in [5.41, 5.74) is 9.18. The summed E-state index contributed by atoms with van der Waals surface area (Å²) in [5, 5.41) is 5.29. The molecule has 0 radical (unpaired) electrons. The zero-order valence-electron chi connectivity index (χ0n) is 13.0. The Morgan fingerprint density at radius 2 is 2.00 bits per heavy atom. The lowest BCUT2D eigenvalue weighted by atomic mass is 10.1. The van der Waals surface area contributed by atoms with Crippen LogP contribution in [0.4, 0.5) is 10.8 Å². The van der Waals surface area contributed by atoms with Gasteiger partial charge in [-0.1, -0.05) is 22.9 Å². The van der Waals surface area contributed by atoms with Crippen LogP contribution in [-0.4, -0.2) is 30.2 Å². The first kappa shape index (κ1) is 16.7. The summed E-state index contributed by atoms with van der Waals surface area (Å²) >= 11 is 7.65. The number of aromatic nitrogens is 1. The van der Waals surface area contributed by atoms with E-state index in [9.17, 15) is 4.79 Å². The molecule has 3 N–H and O–H groups in total. The number of hydrogen-bond donors (Lipinski definition) is 2. The molecule has 1 saturated heterocycles. The van der Waals surface area contributed by atoms with Crippen LogP contribution in [0.1, 0.15) is 34.5 Å². The van der Waals surface area contributed by atoms with Crippen molar-refractivity contribution in [2.24, 2.45) is 5.10 Å². The third-order valence-corrected chi connectivity index (χ3v) is 5.20. The van der Waals surface area contributed by atoms with E-state index >= 15 is 0 Å². The van der Waals surface area contributed by atoms with Crippen molar-refractivity contribution in [1.82, 2.24) is 10.4 Å². The van der Waals surface area contributed by atoms with E-state index < -0.39 is 0 Å². The minimum Gasteiger partial charge on any atom is -0.399 e. The van der Waals surface area contributed by atoms with E-state index in [0.29, 0.717) is 16.4 Å². The van der Waals surface area contributed by atoms with Crippen LogP contribution in [-0.2, 0) is 0 Å². The summed E-state index contributed by atoms with van der Waals surface area (Å²) in [7, 11) is 0. The molecule has 126 valence electrons. The molecule has 0 unspecified atom stereocenters. The predicted molar refractivity (Wildman–Crippen MR) is 99.1 cm³/mol. The molecule has 1 aromatic heterocycles. The zero-order valence-corrected chi connectivity index (χ0v) is 14.6. The quantitative estimate of drug-likeness (QED) is 0.496. The van der Waals surface area contributed by atoms with Gasteiger partial charge in [0.05, 0.1) is 11.1 Å². The third-order valence-electron chi connectivity index (χ3n) is 3.75. The van der Waals surface area contributed by atoms with Crippen molar-refractivity contribution in [3.63, 3.8) is 0 Å². The number of rotatable bonds is 4. The Morgan fingerprint density at radius 3 is 2.71 bits per heavy atom. The van der Waals surface area contributed by atoms with Crippen LogP contribution < -0.4 is 16.1 Å². The molecule has 3 rings (SSSR count). The Balaban J connectivity index is 1.62. The smallest absolute Gasteiger partial charge is 0.271 e. The van der Waals surface area contributed by atoms with E-state index in [0.717, 1.165) is 23.1 Å². The van der Waals surface area contributed by atoms with Gasteiger partial charge in [0.1, 0.15) is 0 Å². The second-order valence-corrected chi connectivity index (χ2v) is 6.89. The Kier molecular flexibility index (Phi) is 5.32. The summed E-state index contributed by atoms with van der Waals surface area (Å²) in [6.07, 6.45) is 5.15. The standard InChI is InChI=1S/C16H18ClN5OS/c17-14-13(24-16(20-14)22-8-2-1-3-9-22)10-19-21-15(23)11-4-6-12(18)7-5-11/h4-7,10H,1-3,8-9,18H2,(H,21,23)/b19-10-. The van der Waals surface area contributed by atoms with Gasteiger partial charge in [0.15, 0.2) is 10.3 Å². The van der Waals surface area contributed by atoms with Gasteiger partial charge in [-0.05, 0) is 43.5 Å². The number of nitrogens with two attached hydrogens (primary N) is 1. The number of amides is 1. The van der Waals surface area contributed by atoms with Crippen LogP contribution in [0.3, 0.4) is 0 Å². The van der Waals surface area contributed by atoms with E-state index in [1.807, 2.05) is 0 Å². The summed E-state index contributed by atoms with van der Waals surface area (Å²) in [6.45, 7) is 2.02. The van der Waals surface area contributed by atoms with Crippen molar-refractivity contribution in [3.05, 3.63) is 39.9 Å². The number of nitrogen functional groups attached to an aromatic ring is 1. The summed E-state index contributed by atoms with van der Waals surface area (Å²) < 4.78 is 0. The zero-order chi connectivity index (χ0) is 16.9. The molecule has 1 aliphatic heterocycles. The molecular weight excluding hydrogens is 346 g/mol. The minimum absolute atomic E-state index is 0.303.